The monoisotopic (exact) mass is 300 g/mol. The zero-order chi connectivity index (χ0) is 14.8. The third-order valence-electron chi connectivity index (χ3n) is 3.39. The van der Waals surface area contributed by atoms with Crippen LogP contribution in [0.25, 0.3) is 5.57 Å². The first-order chi connectivity index (χ1) is 10.1. The van der Waals surface area contributed by atoms with Gasteiger partial charge in [-0.1, -0.05) is 36.0 Å². The molecule has 0 bridgehead atoms. The molecule has 2 aromatic rings. The Kier molecular flexibility index (Phi) is 3.80. The molecule has 1 aliphatic rings. The summed E-state index contributed by atoms with van der Waals surface area (Å²) in [5, 5.41) is 9.17. The lowest BCUT2D eigenvalue weighted by molar-refractivity contribution is -0.130. The molecule has 1 aliphatic carbocycles. The minimum atomic E-state index is -1.07. The lowest BCUT2D eigenvalue weighted by Gasteiger charge is -2.17. The SMILES string of the molecule is O=C(O)C1=CCCc2cc(Sc3ccccc3)cc(F)c21. The molecule has 0 unspecified atom stereocenters. The quantitative estimate of drug-likeness (QED) is 0.913. The minimum absolute atomic E-state index is 0.0741. The van der Waals surface area contributed by atoms with Crippen molar-refractivity contribution < 1.29 is 14.3 Å². The first-order valence-corrected chi connectivity index (χ1v) is 7.46. The Morgan fingerprint density at radius 3 is 2.62 bits per heavy atom. The summed E-state index contributed by atoms with van der Waals surface area (Å²) in [5.41, 5.74) is 1.09. The van der Waals surface area contributed by atoms with Gasteiger partial charge in [-0.2, -0.15) is 0 Å². The topological polar surface area (TPSA) is 37.3 Å². The fraction of sp³-hybridized carbons (Fsp3) is 0.118. The van der Waals surface area contributed by atoms with E-state index < -0.39 is 11.8 Å². The van der Waals surface area contributed by atoms with E-state index >= 15 is 0 Å². The smallest absolute Gasteiger partial charge is 0.336 e. The highest BCUT2D eigenvalue weighted by Crippen LogP contribution is 2.35. The molecular weight excluding hydrogens is 287 g/mol. The van der Waals surface area contributed by atoms with Gasteiger partial charge in [0, 0.05) is 15.4 Å². The predicted molar refractivity (Wildman–Crippen MR) is 80.9 cm³/mol. The Bertz CT molecular complexity index is 723. The summed E-state index contributed by atoms with van der Waals surface area (Å²) >= 11 is 1.48. The van der Waals surface area contributed by atoms with E-state index in [1.54, 1.807) is 6.08 Å². The van der Waals surface area contributed by atoms with Gasteiger partial charge in [0.15, 0.2) is 0 Å². The van der Waals surface area contributed by atoms with Gasteiger partial charge in [0.2, 0.25) is 0 Å². The number of carboxylic acids is 1. The second-order valence-electron chi connectivity index (χ2n) is 4.82. The summed E-state index contributed by atoms with van der Waals surface area (Å²) in [7, 11) is 0. The van der Waals surface area contributed by atoms with Crippen LogP contribution in [0.5, 0.6) is 0 Å². The Morgan fingerprint density at radius 2 is 1.90 bits per heavy atom. The van der Waals surface area contributed by atoms with E-state index in [1.165, 1.54) is 17.8 Å². The number of carboxylic acid groups (broad SMARTS) is 1. The summed E-state index contributed by atoms with van der Waals surface area (Å²) in [5.74, 6) is -1.53. The van der Waals surface area contributed by atoms with Crippen molar-refractivity contribution in [1.82, 2.24) is 0 Å². The van der Waals surface area contributed by atoms with Crippen LogP contribution < -0.4 is 0 Å². The Balaban J connectivity index is 1.99. The maximum atomic E-state index is 14.3. The Hall–Kier alpha value is -2.07. The van der Waals surface area contributed by atoms with Crippen molar-refractivity contribution in [2.24, 2.45) is 0 Å². The molecule has 0 aliphatic heterocycles. The van der Waals surface area contributed by atoms with Crippen molar-refractivity contribution in [2.45, 2.75) is 22.6 Å². The fourth-order valence-corrected chi connectivity index (χ4v) is 3.42. The summed E-state index contributed by atoms with van der Waals surface area (Å²) in [6.07, 6.45) is 2.90. The number of rotatable bonds is 3. The zero-order valence-corrected chi connectivity index (χ0v) is 12.0. The second-order valence-corrected chi connectivity index (χ2v) is 5.96. The third kappa shape index (κ3) is 2.85. The molecule has 0 aromatic heterocycles. The minimum Gasteiger partial charge on any atom is -0.478 e. The third-order valence-corrected chi connectivity index (χ3v) is 4.37. The van der Waals surface area contributed by atoms with Gasteiger partial charge in [-0.05, 0) is 42.7 Å². The molecule has 1 N–H and O–H groups in total. The molecule has 0 radical (unpaired) electrons. The molecule has 0 spiro atoms. The lowest BCUT2D eigenvalue weighted by Crippen LogP contribution is -2.10. The van der Waals surface area contributed by atoms with Crippen LogP contribution in [-0.2, 0) is 11.2 Å². The van der Waals surface area contributed by atoms with Crippen molar-refractivity contribution in [1.29, 1.82) is 0 Å². The molecule has 21 heavy (non-hydrogen) atoms. The van der Waals surface area contributed by atoms with Crippen LogP contribution in [-0.4, -0.2) is 11.1 Å². The molecule has 2 aromatic carbocycles. The number of hydrogen-bond donors (Lipinski definition) is 1. The standard InChI is InChI=1S/C17H13FO2S/c18-15-10-13(21-12-6-2-1-3-7-12)9-11-5-4-8-14(16(11)15)17(19)20/h1-3,6-10H,4-5H2,(H,19,20). The highest BCUT2D eigenvalue weighted by Gasteiger charge is 2.22. The predicted octanol–water partition coefficient (Wildman–Crippen LogP) is 4.39. The van der Waals surface area contributed by atoms with E-state index in [2.05, 4.69) is 0 Å². The summed E-state index contributed by atoms with van der Waals surface area (Å²) in [4.78, 5) is 13.0. The number of halogens is 1. The second kappa shape index (κ2) is 5.74. The average molecular weight is 300 g/mol. The first kappa shape index (κ1) is 13.9. The Labute approximate surface area is 126 Å². The molecular formula is C17H13FO2S. The molecule has 106 valence electrons. The van der Waals surface area contributed by atoms with E-state index in [0.29, 0.717) is 12.8 Å². The van der Waals surface area contributed by atoms with Gasteiger partial charge in [0.25, 0.3) is 0 Å². The molecule has 4 heteroatoms. The molecule has 0 fully saturated rings. The van der Waals surface area contributed by atoms with Crippen molar-refractivity contribution >= 4 is 23.3 Å². The van der Waals surface area contributed by atoms with Gasteiger partial charge in [0.05, 0.1) is 5.57 Å². The maximum Gasteiger partial charge on any atom is 0.336 e. The number of aliphatic carboxylic acids is 1. The number of hydrogen-bond acceptors (Lipinski definition) is 2. The lowest BCUT2D eigenvalue weighted by atomic mass is 9.90. The molecule has 0 atom stereocenters. The van der Waals surface area contributed by atoms with E-state index in [-0.39, 0.29) is 11.1 Å². The van der Waals surface area contributed by atoms with Gasteiger partial charge in [-0.3, -0.25) is 0 Å². The van der Waals surface area contributed by atoms with E-state index in [4.69, 9.17) is 0 Å². The molecule has 2 nitrogen and oxygen atoms in total. The van der Waals surface area contributed by atoms with Crippen molar-refractivity contribution in [2.75, 3.05) is 0 Å². The zero-order valence-electron chi connectivity index (χ0n) is 11.2. The van der Waals surface area contributed by atoms with Gasteiger partial charge in [0.1, 0.15) is 5.82 Å². The van der Waals surface area contributed by atoms with Crippen LogP contribution in [0.4, 0.5) is 4.39 Å². The highest BCUT2D eigenvalue weighted by molar-refractivity contribution is 7.99. The van der Waals surface area contributed by atoms with E-state index in [9.17, 15) is 14.3 Å². The van der Waals surface area contributed by atoms with Crippen LogP contribution in [0.15, 0.2) is 58.3 Å². The van der Waals surface area contributed by atoms with Crippen LogP contribution in [0, 0.1) is 5.82 Å². The molecule has 0 heterocycles. The first-order valence-electron chi connectivity index (χ1n) is 6.64. The average Bonchev–Trinajstić information content (AvgIpc) is 2.47. The molecule has 0 saturated heterocycles. The van der Waals surface area contributed by atoms with Gasteiger partial charge in [-0.15, -0.1) is 0 Å². The van der Waals surface area contributed by atoms with Gasteiger partial charge < -0.3 is 5.11 Å². The Morgan fingerprint density at radius 1 is 1.14 bits per heavy atom. The number of carbonyl (C=O) groups is 1. The van der Waals surface area contributed by atoms with Crippen LogP contribution >= 0.6 is 11.8 Å². The number of allylic oxidation sites excluding steroid dienone is 1. The van der Waals surface area contributed by atoms with Crippen LogP contribution in [0.2, 0.25) is 0 Å². The number of fused-ring (bicyclic) bond motifs is 1. The maximum absolute atomic E-state index is 14.3. The normalized spacial score (nSPS) is 13.5. The van der Waals surface area contributed by atoms with Crippen LogP contribution in [0.1, 0.15) is 17.5 Å². The van der Waals surface area contributed by atoms with Crippen molar-refractivity contribution in [3.05, 3.63) is 65.5 Å². The molecule has 0 saturated carbocycles. The fourth-order valence-electron chi connectivity index (χ4n) is 2.49. The van der Waals surface area contributed by atoms with Crippen LogP contribution in [0.3, 0.4) is 0 Å². The summed E-state index contributed by atoms with van der Waals surface area (Å²) < 4.78 is 14.3. The summed E-state index contributed by atoms with van der Waals surface area (Å²) in [6.45, 7) is 0. The van der Waals surface area contributed by atoms with E-state index in [1.807, 2.05) is 36.4 Å². The number of aryl methyl sites for hydroxylation is 1. The molecule has 3 rings (SSSR count). The number of benzene rings is 2. The van der Waals surface area contributed by atoms with Gasteiger partial charge >= 0.3 is 5.97 Å². The van der Waals surface area contributed by atoms with Crippen molar-refractivity contribution in [3.8, 4) is 0 Å². The highest BCUT2D eigenvalue weighted by atomic mass is 32.2. The van der Waals surface area contributed by atoms with Gasteiger partial charge in [-0.25, -0.2) is 9.18 Å². The van der Waals surface area contributed by atoms with Crippen molar-refractivity contribution in [3.63, 3.8) is 0 Å². The summed E-state index contributed by atoms with van der Waals surface area (Å²) in [6, 6.07) is 13.0. The molecule has 0 amide bonds. The van der Waals surface area contributed by atoms with E-state index in [0.717, 1.165) is 15.4 Å². The largest absolute Gasteiger partial charge is 0.478 e.